The summed E-state index contributed by atoms with van der Waals surface area (Å²) in [6.07, 6.45) is 0. The summed E-state index contributed by atoms with van der Waals surface area (Å²) in [5.41, 5.74) is 0. The topological polar surface area (TPSA) is 0 Å². The minimum atomic E-state index is 0. The fourth-order valence-electron chi connectivity index (χ4n) is 0. The molecule has 0 rings (SSSR count). The van der Waals surface area contributed by atoms with Crippen LogP contribution in [0.5, 0.6) is 0 Å². The van der Waals surface area contributed by atoms with E-state index >= 15 is 0 Å². The molecule has 0 aliphatic rings. The Kier molecular flexibility index (Phi) is 103. The van der Waals surface area contributed by atoms with Crippen molar-refractivity contribution in [1.29, 1.82) is 0 Å². The zero-order valence-corrected chi connectivity index (χ0v) is 11.7. The van der Waals surface area contributed by atoms with E-state index in [-0.39, 0.29) is 112 Å². The van der Waals surface area contributed by atoms with Gasteiger partial charge in [-0.15, -0.1) is 0 Å². The third-order valence-electron chi connectivity index (χ3n) is 0. The second-order valence-electron chi connectivity index (χ2n) is 0. The van der Waals surface area contributed by atoms with Crippen molar-refractivity contribution in [2.45, 2.75) is 0 Å². The summed E-state index contributed by atoms with van der Waals surface area (Å²) in [4.78, 5) is 0. The van der Waals surface area contributed by atoms with Crippen molar-refractivity contribution in [3.05, 3.63) is 0 Å². The van der Waals surface area contributed by atoms with Crippen LogP contribution in [0.1, 0.15) is 5.71 Å². The summed E-state index contributed by atoms with van der Waals surface area (Å²) >= 11 is 0. The van der Waals surface area contributed by atoms with Gasteiger partial charge in [0.05, 0.1) is 0 Å². The SMILES string of the molecule is [Ca+2].[H-].[H-].[H-].[H-].[Mg+2].[Zn].[Zr]. The van der Waals surface area contributed by atoms with Crippen molar-refractivity contribution in [2.75, 3.05) is 0 Å². The van der Waals surface area contributed by atoms with Crippen molar-refractivity contribution >= 4 is 60.8 Å². The molecule has 0 unspecified atom stereocenters. The summed E-state index contributed by atoms with van der Waals surface area (Å²) in [5.74, 6) is 0. The zero-order valence-electron chi connectivity index (χ0n) is 6.62. The largest absolute Gasteiger partial charge is 2.00 e. The molecule has 0 radical (unpaired) electrons. The van der Waals surface area contributed by atoms with Gasteiger partial charge in [-0.05, 0) is 0 Å². The van der Waals surface area contributed by atoms with Gasteiger partial charge in [-0.1, -0.05) is 0 Å². The molecule has 0 amide bonds. The first-order valence-electron chi connectivity index (χ1n) is 0. The fraction of sp³-hybridized carbons (Fsp3) is 0. The molecule has 0 bridgehead atoms. The Morgan fingerprint density at radius 1 is 1.25 bits per heavy atom. The van der Waals surface area contributed by atoms with Crippen LogP contribution in [0, 0.1) is 0 Å². The first kappa shape index (κ1) is 25.8. The van der Waals surface area contributed by atoms with Gasteiger partial charge in [-0.2, -0.15) is 0 Å². The second-order valence-corrected chi connectivity index (χ2v) is 0. The normalized spacial score (nSPS) is 0. The van der Waals surface area contributed by atoms with Crippen LogP contribution >= 0.6 is 0 Å². The quantitative estimate of drug-likeness (QED) is 0.496. The van der Waals surface area contributed by atoms with Crippen LogP contribution in [0.3, 0.4) is 0 Å². The van der Waals surface area contributed by atoms with E-state index in [1.165, 1.54) is 0 Å². The van der Waals surface area contributed by atoms with Gasteiger partial charge in [-0.3, -0.25) is 0 Å². The van der Waals surface area contributed by atoms with Crippen molar-refractivity contribution in [2.24, 2.45) is 0 Å². The van der Waals surface area contributed by atoms with Crippen LogP contribution in [0.15, 0.2) is 0 Å². The third-order valence-corrected chi connectivity index (χ3v) is 0. The first-order valence-corrected chi connectivity index (χ1v) is 0. The Hall–Kier alpha value is 3.53. The van der Waals surface area contributed by atoms with Crippen molar-refractivity contribution in [3.63, 3.8) is 0 Å². The molecule has 0 aliphatic heterocycles. The summed E-state index contributed by atoms with van der Waals surface area (Å²) in [7, 11) is 0. The molecule has 0 heterocycles. The average Bonchev–Trinajstić information content (AvgIpc) is 0. The van der Waals surface area contributed by atoms with Gasteiger partial charge in [-0.25, -0.2) is 0 Å². The molecule has 0 aromatic rings. The fourth-order valence-corrected chi connectivity index (χ4v) is 0. The van der Waals surface area contributed by atoms with Crippen LogP contribution in [0.2, 0.25) is 0 Å². The van der Waals surface area contributed by atoms with Crippen molar-refractivity contribution < 1.29 is 51.4 Å². The average molecular weight is 225 g/mol. The zero-order chi connectivity index (χ0) is 0. The molecular weight excluding hydrogens is 221 g/mol. The van der Waals surface area contributed by atoms with Crippen LogP contribution in [-0.4, -0.2) is 60.8 Å². The summed E-state index contributed by atoms with van der Waals surface area (Å²) in [5, 5.41) is 0. The molecule has 4 heteroatoms. The number of rotatable bonds is 0. The third kappa shape index (κ3) is 9.11. The maximum absolute atomic E-state index is 0. The van der Waals surface area contributed by atoms with E-state index in [1.54, 1.807) is 0 Å². The molecule has 0 saturated carbocycles. The molecule has 0 aromatic carbocycles. The molecular formula is H4CaMgZnZr. The van der Waals surface area contributed by atoms with Crippen LogP contribution < -0.4 is 0 Å². The minimum absolute atomic E-state index is 0. The minimum Gasteiger partial charge on any atom is -1.00 e. The van der Waals surface area contributed by atoms with Gasteiger partial charge >= 0.3 is 60.8 Å². The molecule has 0 aliphatic carbocycles. The second kappa shape index (κ2) is 16.0. The molecule has 0 N–H and O–H groups in total. The van der Waals surface area contributed by atoms with Gasteiger partial charge in [0.15, 0.2) is 0 Å². The molecule has 0 spiro atoms. The predicted molar refractivity (Wildman–Crippen MR) is 16.0 cm³/mol. The molecule has 0 nitrogen and oxygen atoms in total. The van der Waals surface area contributed by atoms with E-state index in [9.17, 15) is 0 Å². The van der Waals surface area contributed by atoms with Crippen LogP contribution in [-0.2, 0) is 45.7 Å². The van der Waals surface area contributed by atoms with Gasteiger partial charge in [0.1, 0.15) is 0 Å². The standard InChI is InChI=1S/Ca.Mg.Zn.Zr.4H/q2*+2;;;4*-1. The van der Waals surface area contributed by atoms with Gasteiger partial charge < -0.3 is 5.71 Å². The van der Waals surface area contributed by atoms with Gasteiger partial charge in [0, 0.05) is 45.7 Å². The number of hydrogen-bond donors (Lipinski definition) is 0. The van der Waals surface area contributed by atoms with E-state index in [2.05, 4.69) is 0 Å². The molecule has 0 aromatic heterocycles. The van der Waals surface area contributed by atoms with Crippen molar-refractivity contribution in [1.82, 2.24) is 0 Å². The molecule has 14 valence electrons. The molecule has 4 heavy (non-hydrogen) atoms. The van der Waals surface area contributed by atoms with E-state index in [1.807, 2.05) is 0 Å². The summed E-state index contributed by atoms with van der Waals surface area (Å²) in [6, 6.07) is 0. The first-order chi connectivity index (χ1) is 0. The monoisotopic (exact) mass is 222 g/mol. The van der Waals surface area contributed by atoms with E-state index < -0.39 is 0 Å². The summed E-state index contributed by atoms with van der Waals surface area (Å²) in [6.45, 7) is 0. The van der Waals surface area contributed by atoms with Gasteiger partial charge in [0.25, 0.3) is 0 Å². The van der Waals surface area contributed by atoms with Gasteiger partial charge in [0.2, 0.25) is 0 Å². The van der Waals surface area contributed by atoms with E-state index in [0.717, 1.165) is 0 Å². The van der Waals surface area contributed by atoms with E-state index in [4.69, 9.17) is 0 Å². The maximum Gasteiger partial charge on any atom is 2.00 e. The Morgan fingerprint density at radius 2 is 1.25 bits per heavy atom. The Morgan fingerprint density at radius 3 is 1.25 bits per heavy atom. The smallest absolute Gasteiger partial charge is 1.00 e. The van der Waals surface area contributed by atoms with E-state index in [0.29, 0.717) is 0 Å². The maximum atomic E-state index is 0. The molecule has 0 fully saturated rings. The van der Waals surface area contributed by atoms with Crippen molar-refractivity contribution in [3.8, 4) is 0 Å². The Balaban J connectivity index is 0. The summed E-state index contributed by atoms with van der Waals surface area (Å²) < 4.78 is 0. The number of hydrogen-bond acceptors (Lipinski definition) is 0. The molecule has 0 saturated heterocycles. The Labute approximate surface area is 110 Å². The Bertz CT molecular complexity index is 16.0. The molecule has 0 atom stereocenters. The van der Waals surface area contributed by atoms with Crippen LogP contribution in [0.4, 0.5) is 0 Å². The van der Waals surface area contributed by atoms with Crippen LogP contribution in [0.25, 0.3) is 0 Å². The predicted octanol–water partition coefficient (Wildman–Crippen LogP) is -0.317.